The third kappa shape index (κ3) is 6.35. The predicted octanol–water partition coefficient (Wildman–Crippen LogP) is -2.41. The Bertz CT molecular complexity index is 808. The highest BCUT2D eigenvalue weighted by Crippen LogP contribution is 2.25. The summed E-state index contributed by atoms with van der Waals surface area (Å²) in [7, 11) is 0. The van der Waals surface area contributed by atoms with Crippen LogP contribution in [0.4, 0.5) is 0 Å². The van der Waals surface area contributed by atoms with Gasteiger partial charge in [-0.05, 0) is 17.7 Å². The summed E-state index contributed by atoms with van der Waals surface area (Å²) in [5.41, 5.74) is -2.37. The minimum absolute atomic E-state index is 0.172. The average molecular weight is 460 g/mol. The average Bonchev–Trinajstić information content (AvgIpc) is 2.72. The topological polar surface area (TPSA) is 221 Å². The SMILES string of the molecule is O=C(O)CC(O)(CC(=O)OCc1ccc(O[C@@H]2O[C@H](CO)[C@@H](O)[C@H](O)[C@H]2O)cc1)C(=O)O. The van der Waals surface area contributed by atoms with Crippen LogP contribution in [-0.2, 0) is 30.5 Å². The molecule has 0 aromatic heterocycles. The summed E-state index contributed by atoms with van der Waals surface area (Å²) < 4.78 is 15.5. The van der Waals surface area contributed by atoms with Crippen molar-refractivity contribution in [1.82, 2.24) is 0 Å². The summed E-state index contributed by atoms with van der Waals surface area (Å²) in [6.45, 7) is -0.930. The molecule has 1 aliphatic rings. The highest BCUT2D eigenvalue weighted by atomic mass is 16.7. The van der Waals surface area contributed by atoms with Gasteiger partial charge < -0.3 is 50.0 Å². The predicted molar refractivity (Wildman–Crippen MR) is 100 cm³/mol. The molecule has 1 aromatic carbocycles. The largest absolute Gasteiger partial charge is 0.481 e. The van der Waals surface area contributed by atoms with Crippen LogP contribution in [0.1, 0.15) is 18.4 Å². The highest BCUT2D eigenvalue weighted by molar-refractivity contribution is 5.88. The second kappa shape index (κ2) is 10.7. The molecular formula is C19H24O13. The molecule has 2 rings (SSSR count). The van der Waals surface area contributed by atoms with Crippen LogP contribution in [0.25, 0.3) is 0 Å². The lowest BCUT2D eigenvalue weighted by molar-refractivity contribution is -0.277. The fourth-order valence-corrected chi connectivity index (χ4v) is 2.88. The number of aliphatic hydroxyl groups excluding tert-OH is 4. The lowest BCUT2D eigenvalue weighted by atomic mass is 9.96. The van der Waals surface area contributed by atoms with Crippen molar-refractivity contribution in [2.45, 2.75) is 55.8 Å². The zero-order valence-electron chi connectivity index (χ0n) is 16.6. The quantitative estimate of drug-likeness (QED) is 0.181. The number of rotatable bonds is 10. The molecule has 13 heteroatoms. The number of hydrogen-bond acceptors (Lipinski definition) is 11. The fourth-order valence-electron chi connectivity index (χ4n) is 2.88. The summed E-state index contributed by atoms with van der Waals surface area (Å²) >= 11 is 0. The van der Waals surface area contributed by atoms with Crippen LogP contribution in [0.15, 0.2) is 24.3 Å². The second-order valence-electron chi connectivity index (χ2n) is 7.20. The molecule has 1 aromatic rings. The van der Waals surface area contributed by atoms with E-state index in [2.05, 4.69) is 0 Å². The third-order valence-corrected chi connectivity index (χ3v) is 4.70. The molecule has 1 unspecified atom stereocenters. The smallest absolute Gasteiger partial charge is 0.336 e. The summed E-state index contributed by atoms with van der Waals surface area (Å²) in [4.78, 5) is 33.6. The van der Waals surface area contributed by atoms with Gasteiger partial charge in [-0.3, -0.25) is 9.59 Å². The molecule has 1 aliphatic heterocycles. The van der Waals surface area contributed by atoms with Crippen LogP contribution >= 0.6 is 0 Å². The van der Waals surface area contributed by atoms with Gasteiger partial charge in [-0.15, -0.1) is 0 Å². The van der Waals surface area contributed by atoms with Crippen LogP contribution < -0.4 is 4.74 Å². The monoisotopic (exact) mass is 460 g/mol. The maximum absolute atomic E-state index is 11.8. The van der Waals surface area contributed by atoms with Gasteiger partial charge in [0.15, 0.2) is 5.60 Å². The number of esters is 1. The molecule has 1 fully saturated rings. The van der Waals surface area contributed by atoms with Crippen LogP contribution in [0.2, 0.25) is 0 Å². The Morgan fingerprint density at radius 1 is 0.969 bits per heavy atom. The summed E-state index contributed by atoms with van der Waals surface area (Å²) in [6, 6.07) is 5.71. The molecule has 0 spiro atoms. The molecule has 6 atom stereocenters. The summed E-state index contributed by atoms with van der Waals surface area (Å²) in [5, 5.41) is 66.2. The van der Waals surface area contributed by atoms with Crippen molar-refractivity contribution >= 4 is 17.9 Å². The van der Waals surface area contributed by atoms with E-state index in [1.165, 1.54) is 24.3 Å². The number of carboxylic acids is 2. The van der Waals surface area contributed by atoms with E-state index in [9.17, 15) is 39.9 Å². The van der Waals surface area contributed by atoms with Crippen molar-refractivity contribution in [3.05, 3.63) is 29.8 Å². The Hall–Kier alpha value is -2.81. The number of ether oxygens (including phenoxy) is 3. The number of benzene rings is 1. The lowest BCUT2D eigenvalue weighted by Crippen LogP contribution is -2.60. The Balaban J connectivity index is 1.92. The summed E-state index contributed by atoms with van der Waals surface area (Å²) in [5.74, 6) is -4.42. The van der Waals surface area contributed by atoms with Gasteiger partial charge in [0.2, 0.25) is 6.29 Å². The molecule has 1 saturated heterocycles. The second-order valence-corrected chi connectivity index (χ2v) is 7.20. The van der Waals surface area contributed by atoms with Crippen LogP contribution in [0, 0.1) is 0 Å². The summed E-state index contributed by atoms with van der Waals surface area (Å²) in [6.07, 6.45) is -9.47. The van der Waals surface area contributed by atoms with Gasteiger partial charge >= 0.3 is 17.9 Å². The van der Waals surface area contributed by atoms with Crippen LogP contribution in [0.3, 0.4) is 0 Å². The molecule has 0 bridgehead atoms. The normalized spacial score (nSPS) is 27.2. The van der Waals surface area contributed by atoms with E-state index in [0.717, 1.165) is 0 Å². The van der Waals surface area contributed by atoms with Crippen molar-refractivity contribution < 1.29 is 64.3 Å². The molecule has 7 N–H and O–H groups in total. The first-order valence-corrected chi connectivity index (χ1v) is 9.36. The van der Waals surface area contributed by atoms with E-state index in [-0.39, 0.29) is 12.4 Å². The van der Waals surface area contributed by atoms with Crippen LogP contribution in [0.5, 0.6) is 5.75 Å². The van der Waals surface area contributed by atoms with Gasteiger partial charge in [0.25, 0.3) is 0 Å². The number of carbonyl (C=O) groups is 3. The highest BCUT2D eigenvalue weighted by Gasteiger charge is 2.45. The zero-order chi connectivity index (χ0) is 24.1. The maximum atomic E-state index is 11.8. The van der Waals surface area contributed by atoms with Gasteiger partial charge in [-0.25, -0.2) is 4.79 Å². The van der Waals surface area contributed by atoms with E-state index in [1.807, 2.05) is 0 Å². The number of carbonyl (C=O) groups excluding carboxylic acids is 1. The van der Waals surface area contributed by atoms with Crippen molar-refractivity contribution in [2.75, 3.05) is 6.61 Å². The molecule has 1 heterocycles. The Morgan fingerprint density at radius 3 is 2.12 bits per heavy atom. The van der Waals surface area contributed by atoms with Crippen molar-refractivity contribution in [3.8, 4) is 5.75 Å². The molecular weight excluding hydrogens is 436 g/mol. The van der Waals surface area contributed by atoms with Gasteiger partial charge in [0.1, 0.15) is 36.8 Å². The van der Waals surface area contributed by atoms with Gasteiger partial charge in [0, 0.05) is 0 Å². The van der Waals surface area contributed by atoms with Gasteiger partial charge in [-0.2, -0.15) is 0 Å². The Kier molecular flexibility index (Phi) is 8.49. The molecule has 0 saturated carbocycles. The maximum Gasteiger partial charge on any atom is 0.336 e. The first-order chi connectivity index (χ1) is 15.0. The van der Waals surface area contributed by atoms with E-state index in [1.54, 1.807) is 0 Å². The minimum Gasteiger partial charge on any atom is -0.481 e. The van der Waals surface area contributed by atoms with Crippen molar-refractivity contribution in [1.29, 1.82) is 0 Å². The fraction of sp³-hybridized carbons (Fsp3) is 0.526. The number of hydrogen-bond donors (Lipinski definition) is 7. The first-order valence-electron chi connectivity index (χ1n) is 9.36. The minimum atomic E-state index is -2.80. The standard InChI is InChI=1S/C19H24O13/c20-7-11-14(24)15(25)16(26)17(32-11)31-10-3-1-9(2-4-10)8-30-13(23)6-19(29,18(27)28)5-12(21)22/h1-4,11,14-17,20,24-26,29H,5-8H2,(H,21,22)(H,27,28)/t11-,14-,15+,16-,17-,19?/m1/s1. The van der Waals surface area contributed by atoms with Gasteiger partial charge in [-0.1, -0.05) is 12.1 Å². The van der Waals surface area contributed by atoms with Crippen molar-refractivity contribution in [2.24, 2.45) is 0 Å². The number of aliphatic carboxylic acids is 2. The number of carboxylic acid groups (broad SMARTS) is 2. The number of aliphatic hydroxyl groups is 5. The van der Waals surface area contributed by atoms with Crippen LogP contribution in [-0.4, -0.2) is 96.6 Å². The molecule has 32 heavy (non-hydrogen) atoms. The third-order valence-electron chi connectivity index (χ3n) is 4.70. The Morgan fingerprint density at radius 2 is 1.59 bits per heavy atom. The van der Waals surface area contributed by atoms with E-state index < -0.39 is 73.7 Å². The molecule has 13 nitrogen and oxygen atoms in total. The molecule has 0 aliphatic carbocycles. The zero-order valence-corrected chi connectivity index (χ0v) is 16.6. The lowest BCUT2D eigenvalue weighted by Gasteiger charge is -2.39. The van der Waals surface area contributed by atoms with E-state index >= 15 is 0 Å². The Labute approximate surface area is 181 Å². The van der Waals surface area contributed by atoms with E-state index in [4.69, 9.17) is 24.4 Å². The molecule has 0 radical (unpaired) electrons. The van der Waals surface area contributed by atoms with Crippen molar-refractivity contribution in [3.63, 3.8) is 0 Å². The molecule has 178 valence electrons. The molecule has 0 amide bonds. The van der Waals surface area contributed by atoms with Gasteiger partial charge in [0.05, 0.1) is 19.4 Å². The van der Waals surface area contributed by atoms with E-state index in [0.29, 0.717) is 5.56 Å². The first kappa shape index (κ1) is 25.5.